The van der Waals surface area contributed by atoms with Crippen molar-refractivity contribution >= 4 is 17.6 Å². The van der Waals surface area contributed by atoms with Crippen molar-refractivity contribution in [3.8, 4) is 0 Å². The Hall–Kier alpha value is -1.91. The van der Waals surface area contributed by atoms with Crippen molar-refractivity contribution in [2.75, 3.05) is 6.61 Å². The van der Waals surface area contributed by atoms with Crippen LogP contribution in [0.2, 0.25) is 0 Å². The van der Waals surface area contributed by atoms with Gasteiger partial charge in [0, 0.05) is 5.41 Å². The van der Waals surface area contributed by atoms with Gasteiger partial charge in [-0.1, -0.05) is 32.9 Å². The van der Waals surface area contributed by atoms with E-state index in [1.54, 1.807) is 13.8 Å². The Morgan fingerprint density at radius 1 is 1.17 bits per heavy atom. The van der Waals surface area contributed by atoms with Gasteiger partial charge >= 0.3 is 6.09 Å². The predicted molar refractivity (Wildman–Crippen MR) is 118 cm³/mol. The highest BCUT2D eigenvalue weighted by Gasteiger charge is 2.63. The molecule has 0 radical (unpaired) electrons. The van der Waals surface area contributed by atoms with Gasteiger partial charge in [0.25, 0.3) is 0 Å². The van der Waals surface area contributed by atoms with Crippen LogP contribution in [0.1, 0.15) is 73.1 Å². The average molecular weight is 413 g/mol. The first kappa shape index (κ1) is 21.3. The number of nitrogens with zero attached hydrogens (tertiary/aromatic N) is 1. The molecule has 5 nitrogen and oxygen atoms in total. The molecule has 0 aromatic heterocycles. The topological polar surface area (TPSA) is 67.8 Å². The molecule has 2 fully saturated rings. The standard InChI is InChI=1S/C25H36N2O3/c1-6-30-22(29)27-26-18-9-12-23(3)17(15-18)7-8-19-20(23)10-14-25(5)21(19)11-13-24(25,4)16(2)28/h7-8,15,19-21H,6,9-14H2,1-5H3,(H,27,29)/t19-,20+,21+,23-,24+,25+/m0/s1. The van der Waals surface area contributed by atoms with Crippen LogP contribution in [0.5, 0.6) is 0 Å². The number of ketones is 1. The summed E-state index contributed by atoms with van der Waals surface area (Å²) in [6.07, 6.45) is 12.8. The number of amides is 1. The molecule has 6 atom stereocenters. The van der Waals surface area contributed by atoms with Gasteiger partial charge in [-0.25, -0.2) is 10.2 Å². The lowest BCUT2D eigenvalue weighted by atomic mass is 9.46. The molecule has 30 heavy (non-hydrogen) atoms. The number of fused-ring (bicyclic) bond motifs is 5. The molecule has 0 spiro atoms. The minimum absolute atomic E-state index is 0.104. The van der Waals surface area contributed by atoms with E-state index in [2.05, 4.69) is 49.5 Å². The normalized spacial score (nSPS) is 43.3. The molecule has 5 heteroatoms. The molecular weight excluding hydrogens is 376 g/mol. The lowest BCUT2D eigenvalue weighted by molar-refractivity contribution is -0.136. The molecule has 4 aliphatic carbocycles. The Morgan fingerprint density at radius 3 is 2.60 bits per heavy atom. The Morgan fingerprint density at radius 2 is 1.90 bits per heavy atom. The lowest BCUT2D eigenvalue weighted by Crippen LogP contribution is -2.52. The lowest BCUT2D eigenvalue weighted by Gasteiger charge is -2.57. The van der Waals surface area contributed by atoms with Crippen LogP contribution in [0.3, 0.4) is 0 Å². The maximum Gasteiger partial charge on any atom is 0.427 e. The summed E-state index contributed by atoms with van der Waals surface area (Å²) >= 11 is 0. The number of allylic oxidation sites excluding steroid dienone is 4. The molecular formula is C25H36N2O3. The third kappa shape index (κ3) is 2.99. The van der Waals surface area contributed by atoms with Crippen LogP contribution in [0.15, 0.2) is 28.9 Å². The second kappa shape index (κ2) is 7.35. The molecule has 4 rings (SSSR count). The van der Waals surface area contributed by atoms with Crippen molar-refractivity contribution in [2.24, 2.45) is 39.1 Å². The number of carbonyl (C=O) groups is 2. The summed E-state index contributed by atoms with van der Waals surface area (Å²) in [4.78, 5) is 24.1. The highest BCUT2D eigenvalue weighted by molar-refractivity contribution is 5.97. The molecule has 164 valence electrons. The van der Waals surface area contributed by atoms with E-state index < -0.39 is 6.09 Å². The highest BCUT2D eigenvalue weighted by Crippen LogP contribution is 2.68. The van der Waals surface area contributed by atoms with Gasteiger partial charge < -0.3 is 4.74 Å². The van der Waals surface area contributed by atoms with Gasteiger partial charge in [-0.15, -0.1) is 0 Å². The molecule has 0 bridgehead atoms. The number of hydrogen-bond acceptors (Lipinski definition) is 4. The fraction of sp³-hybridized carbons (Fsp3) is 0.720. The molecule has 0 unspecified atom stereocenters. The number of Topliss-reactive ketones (excluding diaryl/α,β-unsaturated/α-hetero) is 1. The van der Waals surface area contributed by atoms with Crippen molar-refractivity contribution in [1.82, 2.24) is 5.43 Å². The van der Waals surface area contributed by atoms with Gasteiger partial charge in [0.15, 0.2) is 0 Å². The van der Waals surface area contributed by atoms with Crippen LogP contribution in [-0.4, -0.2) is 24.2 Å². The van der Waals surface area contributed by atoms with Gasteiger partial charge in [-0.3, -0.25) is 4.79 Å². The molecule has 0 aromatic carbocycles. The van der Waals surface area contributed by atoms with Gasteiger partial charge in [-0.05, 0) is 92.6 Å². The molecule has 0 heterocycles. The van der Waals surface area contributed by atoms with Crippen molar-refractivity contribution in [3.63, 3.8) is 0 Å². The van der Waals surface area contributed by atoms with Crippen molar-refractivity contribution in [1.29, 1.82) is 0 Å². The van der Waals surface area contributed by atoms with Gasteiger partial charge in [0.2, 0.25) is 0 Å². The number of carbonyl (C=O) groups excluding carboxylic acids is 2. The van der Waals surface area contributed by atoms with Crippen molar-refractivity contribution in [3.05, 3.63) is 23.8 Å². The number of hydrogen-bond donors (Lipinski definition) is 1. The van der Waals surface area contributed by atoms with Crippen LogP contribution in [0.25, 0.3) is 0 Å². The Bertz CT molecular complexity index is 843. The number of ether oxygens (including phenoxy) is 1. The monoisotopic (exact) mass is 412 g/mol. The van der Waals surface area contributed by atoms with E-state index in [9.17, 15) is 9.59 Å². The molecule has 0 saturated heterocycles. The maximum atomic E-state index is 12.6. The minimum Gasteiger partial charge on any atom is -0.449 e. The molecule has 0 aromatic rings. The van der Waals surface area contributed by atoms with Crippen LogP contribution >= 0.6 is 0 Å². The minimum atomic E-state index is -0.502. The Balaban J connectivity index is 1.61. The quantitative estimate of drug-likeness (QED) is 0.629. The zero-order valence-corrected chi connectivity index (χ0v) is 19.1. The number of hydrazone groups is 1. The van der Waals surface area contributed by atoms with E-state index >= 15 is 0 Å². The van der Waals surface area contributed by atoms with Crippen LogP contribution in [-0.2, 0) is 9.53 Å². The molecule has 2 saturated carbocycles. The van der Waals surface area contributed by atoms with Crippen molar-refractivity contribution < 1.29 is 14.3 Å². The van der Waals surface area contributed by atoms with E-state index in [1.807, 2.05) is 0 Å². The van der Waals surface area contributed by atoms with Crippen molar-refractivity contribution in [2.45, 2.75) is 73.1 Å². The molecule has 0 aliphatic heterocycles. The first-order chi connectivity index (χ1) is 14.2. The zero-order valence-electron chi connectivity index (χ0n) is 19.1. The summed E-state index contributed by atoms with van der Waals surface area (Å²) < 4.78 is 4.90. The summed E-state index contributed by atoms with van der Waals surface area (Å²) in [5.74, 6) is 2.11. The highest BCUT2D eigenvalue weighted by atomic mass is 16.5. The summed E-state index contributed by atoms with van der Waals surface area (Å²) in [7, 11) is 0. The summed E-state index contributed by atoms with van der Waals surface area (Å²) in [6.45, 7) is 10.9. The third-order valence-corrected chi connectivity index (χ3v) is 9.48. The fourth-order valence-electron chi connectivity index (χ4n) is 7.22. The molecule has 1 N–H and O–H groups in total. The van der Waals surface area contributed by atoms with E-state index in [0.717, 1.165) is 37.8 Å². The SMILES string of the molecule is CCOC(=O)NN=C1C=C2C=C[C@H]3[C@@H](CC[C@]4(C)[C@@H]3CC[C@]4(C)C(C)=O)[C@@]2(C)CC1. The molecule has 4 aliphatic rings. The Kier molecular flexibility index (Phi) is 5.22. The summed E-state index contributed by atoms with van der Waals surface area (Å²) in [5.41, 5.74) is 4.79. The number of nitrogens with one attached hydrogen (secondary N) is 1. The van der Waals surface area contributed by atoms with Gasteiger partial charge in [-0.2, -0.15) is 5.10 Å². The molecule has 1 amide bonds. The Labute approximate surface area is 180 Å². The van der Waals surface area contributed by atoms with E-state index in [0.29, 0.717) is 30.1 Å². The van der Waals surface area contributed by atoms with Crippen LogP contribution < -0.4 is 5.43 Å². The van der Waals surface area contributed by atoms with Crippen LogP contribution in [0.4, 0.5) is 4.79 Å². The van der Waals surface area contributed by atoms with Gasteiger partial charge in [0.1, 0.15) is 5.78 Å². The first-order valence-electron chi connectivity index (χ1n) is 11.6. The van der Waals surface area contributed by atoms with Crippen LogP contribution in [0, 0.1) is 34.0 Å². The largest absolute Gasteiger partial charge is 0.449 e. The van der Waals surface area contributed by atoms with E-state index in [-0.39, 0.29) is 16.2 Å². The third-order valence-electron chi connectivity index (χ3n) is 9.48. The fourth-order valence-corrected chi connectivity index (χ4v) is 7.22. The average Bonchev–Trinajstić information content (AvgIpc) is 2.99. The first-order valence-corrected chi connectivity index (χ1v) is 11.6. The summed E-state index contributed by atoms with van der Waals surface area (Å²) in [6, 6.07) is 0. The number of rotatable bonds is 3. The summed E-state index contributed by atoms with van der Waals surface area (Å²) in [5, 5.41) is 4.27. The second-order valence-corrected chi connectivity index (χ2v) is 10.5. The predicted octanol–water partition coefficient (Wildman–Crippen LogP) is 5.42. The smallest absolute Gasteiger partial charge is 0.427 e. The second-order valence-electron chi connectivity index (χ2n) is 10.5. The van der Waals surface area contributed by atoms with E-state index in [4.69, 9.17) is 4.74 Å². The van der Waals surface area contributed by atoms with Gasteiger partial charge in [0.05, 0.1) is 12.3 Å². The van der Waals surface area contributed by atoms with E-state index in [1.165, 1.54) is 12.0 Å². The zero-order chi connectivity index (χ0) is 21.7. The maximum absolute atomic E-state index is 12.6.